The molecule has 0 saturated carbocycles. The lowest BCUT2D eigenvalue weighted by Crippen LogP contribution is -2.38. The van der Waals surface area contributed by atoms with Gasteiger partial charge in [0.15, 0.2) is 11.6 Å². The monoisotopic (exact) mass is 284 g/mol. The summed E-state index contributed by atoms with van der Waals surface area (Å²) in [5.74, 6) is -3.82. The second kappa shape index (κ2) is 5.75. The van der Waals surface area contributed by atoms with E-state index >= 15 is 0 Å². The molecule has 1 saturated heterocycles. The van der Waals surface area contributed by atoms with E-state index in [4.69, 9.17) is 5.11 Å². The Labute approximate surface area is 116 Å². The average molecular weight is 284 g/mol. The summed E-state index contributed by atoms with van der Waals surface area (Å²) in [4.78, 5) is 14.6. The van der Waals surface area contributed by atoms with Crippen LogP contribution in [0.25, 0.3) is 0 Å². The molecule has 0 bridgehead atoms. The van der Waals surface area contributed by atoms with Gasteiger partial charge in [-0.3, -0.25) is 0 Å². The van der Waals surface area contributed by atoms with Crippen molar-refractivity contribution in [2.24, 2.45) is 0 Å². The fourth-order valence-corrected chi connectivity index (χ4v) is 2.69. The lowest BCUT2D eigenvalue weighted by molar-refractivity contribution is 0.0690. The van der Waals surface area contributed by atoms with Crippen molar-refractivity contribution < 1.29 is 18.7 Å². The van der Waals surface area contributed by atoms with Crippen LogP contribution in [0.3, 0.4) is 0 Å². The Balaban J connectivity index is 2.33. The summed E-state index contributed by atoms with van der Waals surface area (Å²) in [6.07, 6.45) is 1.83. The molecule has 110 valence electrons. The standard InChI is InChI=1S/C14H18F2N2O2/c1-17(2)8-9-4-3-7-18(9)11-6-5-10(14(19)20)12(15)13(11)16/h5-6,9H,3-4,7-8H2,1-2H3,(H,19,20). The highest BCUT2D eigenvalue weighted by molar-refractivity contribution is 5.88. The van der Waals surface area contributed by atoms with E-state index in [0.29, 0.717) is 6.54 Å². The van der Waals surface area contributed by atoms with Gasteiger partial charge in [-0.1, -0.05) is 0 Å². The second-order valence-electron chi connectivity index (χ2n) is 5.32. The quantitative estimate of drug-likeness (QED) is 0.920. The molecule has 1 unspecified atom stereocenters. The molecule has 2 rings (SSSR count). The molecule has 1 atom stereocenters. The second-order valence-corrected chi connectivity index (χ2v) is 5.32. The highest BCUT2D eigenvalue weighted by atomic mass is 19.2. The topological polar surface area (TPSA) is 43.8 Å². The molecule has 0 amide bonds. The Kier molecular flexibility index (Phi) is 4.23. The summed E-state index contributed by atoms with van der Waals surface area (Å²) >= 11 is 0. The molecule has 1 N–H and O–H groups in total. The number of hydrogen-bond acceptors (Lipinski definition) is 3. The van der Waals surface area contributed by atoms with Crippen LogP contribution in [-0.2, 0) is 0 Å². The number of aromatic carboxylic acids is 1. The Bertz CT molecular complexity index is 520. The number of likely N-dealkylation sites (N-methyl/N-ethyl adjacent to an activating group) is 1. The normalized spacial score (nSPS) is 18.9. The van der Waals surface area contributed by atoms with Gasteiger partial charge in [-0.25, -0.2) is 13.6 Å². The first kappa shape index (κ1) is 14.7. The number of benzene rings is 1. The predicted molar refractivity (Wildman–Crippen MR) is 72.2 cm³/mol. The molecule has 6 heteroatoms. The minimum atomic E-state index is -1.46. The third-order valence-electron chi connectivity index (χ3n) is 3.55. The average Bonchev–Trinajstić information content (AvgIpc) is 2.79. The molecule has 1 heterocycles. The molecule has 0 aliphatic carbocycles. The molecule has 0 radical (unpaired) electrons. The number of nitrogens with zero attached hydrogens (tertiary/aromatic N) is 2. The smallest absolute Gasteiger partial charge is 0.338 e. The zero-order valence-electron chi connectivity index (χ0n) is 11.6. The largest absolute Gasteiger partial charge is 0.478 e. The Morgan fingerprint density at radius 2 is 2.10 bits per heavy atom. The van der Waals surface area contributed by atoms with Crippen molar-refractivity contribution in [3.63, 3.8) is 0 Å². The maximum absolute atomic E-state index is 14.1. The minimum Gasteiger partial charge on any atom is -0.478 e. The third-order valence-corrected chi connectivity index (χ3v) is 3.55. The Morgan fingerprint density at radius 3 is 2.70 bits per heavy atom. The first-order valence-corrected chi connectivity index (χ1v) is 6.54. The van der Waals surface area contributed by atoms with Crippen molar-refractivity contribution in [3.8, 4) is 0 Å². The summed E-state index contributed by atoms with van der Waals surface area (Å²) in [5, 5.41) is 8.79. The zero-order chi connectivity index (χ0) is 14.9. The Hall–Kier alpha value is -1.69. The fourth-order valence-electron chi connectivity index (χ4n) is 2.69. The van der Waals surface area contributed by atoms with E-state index < -0.39 is 23.2 Å². The van der Waals surface area contributed by atoms with Crippen LogP contribution >= 0.6 is 0 Å². The molecule has 1 aromatic carbocycles. The maximum Gasteiger partial charge on any atom is 0.338 e. The van der Waals surface area contributed by atoms with Crippen LogP contribution in [-0.4, -0.2) is 49.2 Å². The van der Waals surface area contributed by atoms with E-state index in [-0.39, 0.29) is 11.7 Å². The van der Waals surface area contributed by atoms with Crippen molar-refractivity contribution in [2.75, 3.05) is 32.1 Å². The highest BCUT2D eigenvalue weighted by Gasteiger charge is 2.29. The zero-order valence-corrected chi connectivity index (χ0v) is 11.6. The van der Waals surface area contributed by atoms with Crippen LogP contribution in [0.4, 0.5) is 14.5 Å². The SMILES string of the molecule is CN(C)CC1CCCN1c1ccc(C(=O)O)c(F)c1F. The predicted octanol–water partition coefficient (Wildman–Crippen LogP) is 2.19. The molecule has 4 nitrogen and oxygen atoms in total. The molecule has 0 aromatic heterocycles. The summed E-state index contributed by atoms with van der Waals surface area (Å²) < 4.78 is 27.9. The van der Waals surface area contributed by atoms with Gasteiger partial charge in [-0.2, -0.15) is 0 Å². The highest BCUT2D eigenvalue weighted by Crippen LogP contribution is 2.30. The van der Waals surface area contributed by atoms with E-state index in [2.05, 4.69) is 0 Å². The van der Waals surface area contributed by atoms with Crippen molar-refractivity contribution in [2.45, 2.75) is 18.9 Å². The van der Waals surface area contributed by atoms with Crippen LogP contribution < -0.4 is 4.90 Å². The molecular formula is C14H18F2N2O2. The molecule has 1 aliphatic rings. The van der Waals surface area contributed by atoms with Gasteiger partial charge in [0.05, 0.1) is 11.3 Å². The van der Waals surface area contributed by atoms with E-state index in [1.54, 1.807) is 0 Å². The minimum absolute atomic E-state index is 0.120. The van der Waals surface area contributed by atoms with Crippen LogP contribution in [0, 0.1) is 11.6 Å². The lowest BCUT2D eigenvalue weighted by atomic mass is 10.1. The number of carboxylic acid groups (broad SMARTS) is 1. The molecular weight excluding hydrogens is 266 g/mol. The number of anilines is 1. The fraction of sp³-hybridized carbons (Fsp3) is 0.500. The summed E-state index contributed by atoms with van der Waals surface area (Å²) in [6, 6.07) is 2.60. The molecule has 20 heavy (non-hydrogen) atoms. The number of carbonyl (C=O) groups is 1. The van der Waals surface area contributed by atoms with Crippen molar-refractivity contribution in [1.82, 2.24) is 4.90 Å². The van der Waals surface area contributed by atoms with E-state index in [0.717, 1.165) is 25.5 Å². The van der Waals surface area contributed by atoms with Gasteiger partial charge in [-0.05, 0) is 39.1 Å². The van der Waals surface area contributed by atoms with E-state index in [1.165, 1.54) is 6.07 Å². The van der Waals surface area contributed by atoms with Crippen LogP contribution in [0.1, 0.15) is 23.2 Å². The summed E-state index contributed by atoms with van der Waals surface area (Å²) in [6.45, 7) is 1.41. The first-order chi connectivity index (χ1) is 9.41. The molecule has 1 aliphatic heterocycles. The van der Waals surface area contributed by atoms with Gasteiger partial charge in [0.1, 0.15) is 0 Å². The summed E-state index contributed by atoms with van der Waals surface area (Å²) in [7, 11) is 3.86. The van der Waals surface area contributed by atoms with Gasteiger partial charge in [0, 0.05) is 19.1 Å². The van der Waals surface area contributed by atoms with Gasteiger partial charge in [-0.15, -0.1) is 0 Å². The third kappa shape index (κ3) is 2.75. The number of halogens is 2. The number of carboxylic acids is 1. The van der Waals surface area contributed by atoms with Crippen molar-refractivity contribution >= 4 is 11.7 Å². The molecule has 1 aromatic rings. The molecule has 1 fully saturated rings. The first-order valence-electron chi connectivity index (χ1n) is 6.54. The van der Waals surface area contributed by atoms with Crippen LogP contribution in [0.15, 0.2) is 12.1 Å². The van der Waals surface area contributed by atoms with Crippen LogP contribution in [0.2, 0.25) is 0 Å². The number of rotatable bonds is 4. The van der Waals surface area contributed by atoms with Gasteiger partial charge < -0.3 is 14.9 Å². The van der Waals surface area contributed by atoms with E-state index in [9.17, 15) is 13.6 Å². The van der Waals surface area contributed by atoms with Crippen molar-refractivity contribution in [3.05, 3.63) is 29.3 Å². The lowest BCUT2D eigenvalue weighted by Gasteiger charge is -2.29. The van der Waals surface area contributed by atoms with Gasteiger partial charge in [0.2, 0.25) is 0 Å². The maximum atomic E-state index is 14.1. The Morgan fingerprint density at radius 1 is 1.40 bits per heavy atom. The van der Waals surface area contributed by atoms with Crippen molar-refractivity contribution in [1.29, 1.82) is 0 Å². The summed E-state index contributed by atoms with van der Waals surface area (Å²) in [5.41, 5.74) is -0.480. The van der Waals surface area contributed by atoms with Gasteiger partial charge in [0.25, 0.3) is 0 Å². The number of hydrogen-bond donors (Lipinski definition) is 1. The van der Waals surface area contributed by atoms with E-state index in [1.807, 2.05) is 23.9 Å². The molecule has 0 spiro atoms. The van der Waals surface area contributed by atoms with Gasteiger partial charge >= 0.3 is 5.97 Å². The van der Waals surface area contributed by atoms with Crippen LogP contribution in [0.5, 0.6) is 0 Å².